The smallest absolute Gasteiger partial charge is 0.265 e. The predicted octanol–water partition coefficient (Wildman–Crippen LogP) is 25.6. The molecule has 0 saturated carbocycles. The highest BCUT2D eigenvalue weighted by Gasteiger charge is 2.43. The molecule has 13 rings (SSSR count). The van der Waals surface area contributed by atoms with Gasteiger partial charge in [0.15, 0.2) is 10.2 Å². The van der Waals surface area contributed by atoms with Crippen LogP contribution in [-0.2, 0) is 24.6 Å². The van der Waals surface area contributed by atoms with Crippen molar-refractivity contribution in [1.82, 2.24) is 19.6 Å². The van der Waals surface area contributed by atoms with Crippen LogP contribution in [0.5, 0.6) is 0 Å². The Bertz CT molecular complexity index is 5070. The molecule has 0 spiro atoms. The molecule has 0 bridgehead atoms. The summed E-state index contributed by atoms with van der Waals surface area (Å²) >= 11 is 14.0. The number of thiocarbonyl (C=S) groups is 2. The second kappa shape index (κ2) is 36.3. The van der Waals surface area contributed by atoms with E-state index in [0.29, 0.717) is 26.2 Å². The number of benzene rings is 8. The Hall–Kier alpha value is -10.2. The fourth-order valence-electron chi connectivity index (χ4n) is 15.8. The average molecular weight is 1540 g/mol. The number of likely N-dealkylation sites (N-methyl/N-ethyl adjacent to an activating group) is 4. The van der Waals surface area contributed by atoms with E-state index in [9.17, 15) is 19.2 Å². The van der Waals surface area contributed by atoms with E-state index in [1.807, 2.05) is 52.0 Å². The normalized spacial score (nSPS) is 14.2. The number of unbranched alkanes of at least 4 members (excludes halogenated alkanes) is 10. The van der Waals surface area contributed by atoms with Crippen molar-refractivity contribution in [2.75, 3.05) is 36.0 Å². The lowest BCUT2D eigenvalue weighted by Crippen LogP contribution is -2.55. The SMILES string of the molecule is CCCCCCCCC1(CCCCCCCC)c2cc(C)ccc2-c2ccc(-c3ccc(N(c4ccc(/C=C/c5ccc(C=C6C(=O)N(CC)C(=S)N(CC)C6=O)s5)cc4)c4ccc(-c5ccc(N(c6ccc(C)cc6)c6ccc(/C=C/c7ccc(C=C8C(=O)N(CC)C(=S)N(CC)C8=O)s7)cc6)cc5)cc4)cc3)cc21. The Morgan fingerprint density at radius 1 is 0.333 bits per heavy atom. The van der Waals surface area contributed by atoms with E-state index in [2.05, 4.69) is 244 Å². The summed E-state index contributed by atoms with van der Waals surface area (Å²) < 4.78 is 0. The van der Waals surface area contributed by atoms with Gasteiger partial charge in [0.2, 0.25) is 0 Å². The van der Waals surface area contributed by atoms with Crippen LogP contribution in [0.25, 0.3) is 69.8 Å². The third-order valence-electron chi connectivity index (χ3n) is 21.9. The van der Waals surface area contributed by atoms with E-state index >= 15 is 0 Å². The first-order valence-electron chi connectivity index (χ1n) is 39.8. The molecule has 4 heterocycles. The molecule has 0 radical (unpaired) electrons. The summed E-state index contributed by atoms with van der Waals surface area (Å²) in [5.41, 5.74) is 21.5. The van der Waals surface area contributed by atoms with Crippen molar-refractivity contribution in [2.24, 2.45) is 0 Å². The lowest BCUT2D eigenvalue weighted by molar-refractivity contribution is -0.135. The van der Waals surface area contributed by atoms with Gasteiger partial charge in [-0.05, 0) is 262 Å². The molecule has 2 saturated heterocycles. The summed E-state index contributed by atoms with van der Waals surface area (Å²) in [5, 5.41) is 0.507. The van der Waals surface area contributed by atoms with E-state index in [1.165, 1.54) is 171 Å². The van der Waals surface area contributed by atoms with Gasteiger partial charge < -0.3 is 9.80 Å². The first-order chi connectivity index (χ1) is 54.0. The van der Waals surface area contributed by atoms with Crippen LogP contribution in [0.15, 0.2) is 217 Å². The molecule has 3 aliphatic rings. The van der Waals surface area contributed by atoms with E-state index in [1.54, 1.807) is 17.7 Å². The maximum atomic E-state index is 13.5. The van der Waals surface area contributed by atoms with Gasteiger partial charge in [0, 0.05) is 85.2 Å². The molecule has 2 aliphatic heterocycles. The number of aryl methyl sites for hydroxylation is 2. The minimum absolute atomic E-state index is 0.0222. The molecular weight excluding hydrogens is 1440 g/mol. The Morgan fingerprint density at radius 2 is 0.640 bits per heavy atom. The van der Waals surface area contributed by atoms with Crippen molar-refractivity contribution in [2.45, 2.75) is 151 Å². The maximum Gasteiger partial charge on any atom is 0.265 e. The molecule has 2 fully saturated rings. The molecule has 0 unspecified atom stereocenters. The van der Waals surface area contributed by atoms with Crippen LogP contribution >= 0.6 is 47.1 Å². The molecule has 10 aromatic rings. The molecule has 1 aliphatic carbocycles. The van der Waals surface area contributed by atoms with Crippen molar-refractivity contribution in [3.8, 4) is 33.4 Å². The molecule has 10 nitrogen and oxygen atoms in total. The number of carbonyl (C=O) groups is 4. The molecule has 111 heavy (non-hydrogen) atoms. The standard InChI is InChI=1S/C97H100N6O4S4/c1-9-15-17-19-21-23-61-97(62-24-22-20-18-16-10-2)89-63-68(8)27-59-85(89)86-60-40-74(64-90(86)97)73-38-51-80(52-39-73)103(77-45-30-70(31-46-77)33-54-82-56-58-84(111-82)66-88-93(106)100(13-5)96(109)101(14-6)94(88)107)79-49-36-72(37-50-79)71-34-47-78(48-35-71)102(75-41-25-67(7)26-42-75)76-43-28-69(29-44-76)32-53-81-55-57-83(110-81)65-87-91(104)98(11-3)95(108)99(12-4)92(87)105/h25-60,63-66H,9-24,61-62H2,1-8H3/b53-32+,54-33+. The van der Waals surface area contributed by atoms with Crippen molar-refractivity contribution >= 4 is 152 Å². The highest BCUT2D eigenvalue weighted by atomic mass is 32.1. The number of fused-ring (bicyclic) bond motifs is 3. The van der Waals surface area contributed by atoms with Crippen LogP contribution in [0.1, 0.15) is 184 Å². The predicted molar refractivity (Wildman–Crippen MR) is 476 cm³/mol. The number of rotatable bonds is 32. The number of hydrogen-bond acceptors (Lipinski definition) is 10. The zero-order valence-corrected chi connectivity index (χ0v) is 68.5. The first-order valence-corrected chi connectivity index (χ1v) is 42.3. The van der Waals surface area contributed by atoms with Crippen LogP contribution in [0.4, 0.5) is 34.1 Å². The number of nitrogens with zero attached hydrogens (tertiary/aromatic N) is 6. The van der Waals surface area contributed by atoms with Crippen LogP contribution in [0, 0.1) is 13.8 Å². The van der Waals surface area contributed by atoms with Gasteiger partial charge in [0.1, 0.15) is 11.1 Å². The molecule has 2 aromatic heterocycles. The van der Waals surface area contributed by atoms with E-state index in [4.69, 9.17) is 24.4 Å². The monoisotopic (exact) mass is 1540 g/mol. The number of amides is 4. The summed E-state index contributed by atoms with van der Waals surface area (Å²) in [7, 11) is 0. The van der Waals surface area contributed by atoms with Crippen molar-refractivity contribution in [1.29, 1.82) is 0 Å². The zero-order valence-electron chi connectivity index (χ0n) is 65.3. The quantitative estimate of drug-likeness (QED) is 0.0178. The molecule has 14 heteroatoms. The number of thiophene rings is 2. The molecule has 0 atom stereocenters. The van der Waals surface area contributed by atoms with E-state index in [-0.39, 0.29) is 50.4 Å². The molecule has 0 N–H and O–H groups in total. The number of hydrogen-bond donors (Lipinski definition) is 0. The summed E-state index contributed by atoms with van der Waals surface area (Å²) in [6, 6.07) is 75.3. The van der Waals surface area contributed by atoms with E-state index < -0.39 is 0 Å². The fourth-order valence-corrected chi connectivity index (χ4v) is 18.4. The third kappa shape index (κ3) is 17.5. The summed E-state index contributed by atoms with van der Waals surface area (Å²) in [5.74, 6) is -1.44. The third-order valence-corrected chi connectivity index (χ3v) is 24.8. The molecular formula is C97H100N6O4S4. The largest absolute Gasteiger partial charge is 0.311 e. The second-order valence-electron chi connectivity index (χ2n) is 29.3. The van der Waals surface area contributed by atoms with Gasteiger partial charge in [-0.1, -0.05) is 217 Å². The van der Waals surface area contributed by atoms with Crippen LogP contribution in [0.2, 0.25) is 0 Å². The molecule has 8 aromatic carbocycles. The summed E-state index contributed by atoms with van der Waals surface area (Å²) in [6.45, 7) is 18.0. The first kappa shape index (κ1) is 78.9. The maximum absolute atomic E-state index is 13.5. The van der Waals surface area contributed by atoms with Gasteiger partial charge in [-0.15, -0.1) is 22.7 Å². The van der Waals surface area contributed by atoms with Crippen molar-refractivity contribution in [3.63, 3.8) is 0 Å². The van der Waals surface area contributed by atoms with Crippen molar-refractivity contribution in [3.05, 3.63) is 270 Å². The second-order valence-corrected chi connectivity index (χ2v) is 32.3. The van der Waals surface area contributed by atoms with Gasteiger partial charge in [0.25, 0.3) is 23.6 Å². The number of anilines is 6. The highest BCUT2D eigenvalue weighted by Crippen LogP contribution is 2.56. The summed E-state index contributed by atoms with van der Waals surface area (Å²) in [6.07, 6.45) is 29.5. The zero-order chi connectivity index (χ0) is 77.7. The Labute approximate surface area is 675 Å². The minimum atomic E-state index is -0.361. The summed E-state index contributed by atoms with van der Waals surface area (Å²) in [4.78, 5) is 67.8. The lowest BCUT2D eigenvalue weighted by atomic mass is 9.70. The minimum Gasteiger partial charge on any atom is -0.311 e. The average Bonchev–Trinajstić information content (AvgIpc) is 1.56. The molecule has 4 amide bonds. The van der Waals surface area contributed by atoms with Crippen LogP contribution in [0.3, 0.4) is 0 Å². The van der Waals surface area contributed by atoms with Gasteiger partial charge in [0.05, 0.1) is 0 Å². The number of carbonyl (C=O) groups excluding carboxylic acids is 4. The molecule has 566 valence electrons. The Morgan fingerprint density at radius 3 is 1.02 bits per heavy atom. The topological polar surface area (TPSA) is 87.7 Å². The van der Waals surface area contributed by atoms with E-state index in [0.717, 1.165) is 75.9 Å². The Balaban J connectivity index is 0.779. The van der Waals surface area contributed by atoms with Gasteiger partial charge in [-0.3, -0.25) is 38.8 Å². The van der Waals surface area contributed by atoms with Gasteiger partial charge in [-0.2, -0.15) is 0 Å². The van der Waals surface area contributed by atoms with Gasteiger partial charge in [-0.25, -0.2) is 0 Å². The Kier molecular flexibility index (Phi) is 25.8. The van der Waals surface area contributed by atoms with Crippen LogP contribution < -0.4 is 9.80 Å². The van der Waals surface area contributed by atoms with Crippen LogP contribution in [-0.4, -0.2) is 79.6 Å². The van der Waals surface area contributed by atoms with Crippen molar-refractivity contribution < 1.29 is 19.2 Å². The fraction of sp³-hybridized carbons (Fsp3) is 0.278. The highest BCUT2D eigenvalue weighted by molar-refractivity contribution is 7.80. The lowest BCUT2D eigenvalue weighted by Gasteiger charge is -2.35. The van der Waals surface area contributed by atoms with Gasteiger partial charge >= 0.3 is 0 Å².